The van der Waals surface area contributed by atoms with E-state index in [1.807, 2.05) is 24.3 Å². The lowest BCUT2D eigenvalue weighted by Crippen LogP contribution is -2.26. The molecule has 1 N–H and O–H groups in total. The summed E-state index contributed by atoms with van der Waals surface area (Å²) in [5.74, 6) is 1.05. The third-order valence-corrected chi connectivity index (χ3v) is 4.76. The van der Waals surface area contributed by atoms with Crippen molar-refractivity contribution in [3.05, 3.63) is 66.2 Å². The van der Waals surface area contributed by atoms with Crippen LogP contribution in [0.25, 0.3) is 11.5 Å². The Labute approximate surface area is 152 Å². The van der Waals surface area contributed by atoms with Crippen molar-refractivity contribution in [1.29, 1.82) is 0 Å². The van der Waals surface area contributed by atoms with Crippen LogP contribution in [0.2, 0.25) is 0 Å². The number of aliphatic hydroxyl groups excluding tert-OH is 1. The van der Waals surface area contributed by atoms with Crippen LogP contribution in [0.1, 0.15) is 30.3 Å². The van der Waals surface area contributed by atoms with Crippen LogP contribution in [0.15, 0.2) is 59.3 Å². The maximum Gasteiger partial charge on any atom is 0.244 e. The molecule has 1 fully saturated rings. The molecule has 3 aromatic rings. The molecule has 2 aromatic heterocycles. The molecule has 1 saturated heterocycles. The number of rotatable bonds is 6. The van der Waals surface area contributed by atoms with Gasteiger partial charge in [-0.05, 0) is 43.5 Å². The Morgan fingerprint density at radius 2 is 1.96 bits per heavy atom. The largest absolute Gasteiger partial charge is 0.392 e. The second kappa shape index (κ2) is 7.76. The van der Waals surface area contributed by atoms with Gasteiger partial charge in [-0.15, -0.1) is 0 Å². The van der Waals surface area contributed by atoms with Crippen LogP contribution in [0.5, 0.6) is 0 Å². The van der Waals surface area contributed by atoms with E-state index in [0.717, 1.165) is 19.4 Å². The molecule has 0 aliphatic carbocycles. The Balaban J connectivity index is 1.42. The molecule has 6 nitrogen and oxygen atoms in total. The molecule has 4 rings (SSSR count). The third kappa shape index (κ3) is 3.81. The number of nitrogens with zero attached hydrogens (tertiary/aromatic N) is 4. The van der Waals surface area contributed by atoms with E-state index in [-0.39, 0.29) is 12.1 Å². The smallest absolute Gasteiger partial charge is 0.244 e. The summed E-state index contributed by atoms with van der Waals surface area (Å²) in [4.78, 5) is 11.0. The van der Waals surface area contributed by atoms with Crippen LogP contribution < -0.4 is 0 Å². The normalized spacial score (nSPS) is 20.5. The number of hydrogen-bond donors (Lipinski definition) is 1. The molecule has 3 heterocycles. The fraction of sp³-hybridized carbons (Fsp3) is 0.350. The van der Waals surface area contributed by atoms with E-state index in [1.165, 1.54) is 5.56 Å². The van der Waals surface area contributed by atoms with Gasteiger partial charge in [0.25, 0.3) is 0 Å². The molecule has 134 valence electrons. The third-order valence-electron chi connectivity index (χ3n) is 4.76. The number of benzene rings is 1. The quantitative estimate of drug-likeness (QED) is 0.737. The number of aliphatic hydroxyl groups is 1. The lowest BCUT2D eigenvalue weighted by molar-refractivity contribution is 0.172. The lowest BCUT2D eigenvalue weighted by Gasteiger charge is -2.20. The van der Waals surface area contributed by atoms with Crippen LogP contribution in [0.4, 0.5) is 0 Å². The van der Waals surface area contributed by atoms with Gasteiger partial charge in [0.15, 0.2) is 0 Å². The minimum atomic E-state index is -0.359. The highest BCUT2D eigenvalue weighted by Gasteiger charge is 2.35. The summed E-state index contributed by atoms with van der Waals surface area (Å²) in [7, 11) is 0. The number of hydrogen-bond acceptors (Lipinski definition) is 6. The fourth-order valence-corrected chi connectivity index (χ4v) is 3.48. The number of likely N-dealkylation sites (tertiary alicyclic amines) is 1. The maximum absolute atomic E-state index is 10.1. The summed E-state index contributed by atoms with van der Waals surface area (Å²) in [6.45, 7) is 1.53. The molecule has 0 unspecified atom stereocenters. The number of aromatic nitrogens is 3. The molecule has 2 atom stereocenters. The van der Waals surface area contributed by atoms with Crippen molar-refractivity contribution in [2.24, 2.45) is 0 Å². The highest BCUT2D eigenvalue weighted by molar-refractivity contribution is 5.47. The van der Waals surface area contributed by atoms with Crippen molar-refractivity contribution in [2.45, 2.75) is 31.4 Å². The lowest BCUT2D eigenvalue weighted by atomic mass is 10.1. The van der Waals surface area contributed by atoms with Gasteiger partial charge in [0, 0.05) is 12.7 Å². The zero-order valence-electron chi connectivity index (χ0n) is 14.5. The van der Waals surface area contributed by atoms with E-state index in [4.69, 9.17) is 4.52 Å². The summed E-state index contributed by atoms with van der Waals surface area (Å²) < 4.78 is 5.49. The first kappa shape index (κ1) is 16.9. The second-order valence-electron chi connectivity index (χ2n) is 6.66. The van der Waals surface area contributed by atoms with Gasteiger partial charge >= 0.3 is 0 Å². The molecule has 0 saturated carbocycles. The van der Waals surface area contributed by atoms with Crippen LogP contribution in [-0.2, 0) is 6.42 Å². The van der Waals surface area contributed by atoms with Gasteiger partial charge in [0.05, 0.1) is 12.1 Å². The van der Waals surface area contributed by atoms with E-state index in [1.54, 1.807) is 6.20 Å². The molecular formula is C20H22N4O2. The van der Waals surface area contributed by atoms with Gasteiger partial charge in [0.2, 0.25) is 11.7 Å². The van der Waals surface area contributed by atoms with Crippen LogP contribution in [0, 0.1) is 0 Å². The van der Waals surface area contributed by atoms with Crippen LogP contribution >= 0.6 is 0 Å². The predicted molar refractivity (Wildman–Crippen MR) is 97.2 cm³/mol. The van der Waals surface area contributed by atoms with Crippen LogP contribution in [0.3, 0.4) is 0 Å². The highest BCUT2D eigenvalue weighted by atomic mass is 16.5. The van der Waals surface area contributed by atoms with Gasteiger partial charge in [-0.2, -0.15) is 4.98 Å². The topological polar surface area (TPSA) is 75.3 Å². The monoisotopic (exact) mass is 350 g/mol. The van der Waals surface area contributed by atoms with Crippen molar-refractivity contribution in [3.63, 3.8) is 0 Å². The molecule has 1 aliphatic heterocycles. The van der Waals surface area contributed by atoms with Gasteiger partial charge in [-0.25, -0.2) is 0 Å². The summed E-state index contributed by atoms with van der Waals surface area (Å²) in [5.41, 5.74) is 2.02. The summed E-state index contributed by atoms with van der Waals surface area (Å²) >= 11 is 0. The van der Waals surface area contributed by atoms with E-state index >= 15 is 0 Å². The summed E-state index contributed by atoms with van der Waals surface area (Å²) in [6, 6.07) is 16.0. The van der Waals surface area contributed by atoms with Gasteiger partial charge in [-0.1, -0.05) is 41.6 Å². The molecule has 26 heavy (non-hydrogen) atoms. The highest BCUT2D eigenvalue weighted by Crippen LogP contribution is 2.32. The molecule has 1 aromatic carbocycles. The first-order valence-corrected chi connectivity index (χ1v) is 9.00. The standard InChI is InChI=1S/C20H22N4O2/c25-16-13-18(20-22-19(23-26-20)17-10-4-5-11-21-17)24(14-16)12-6-9-15-7-2-1-3-8-15/h1-5,7-8,10-11,16,18,25H,6,9,12-14H2/t16-,18+/m1/s1. The number of β-amino-alcohol motifs (C(OH)–C–C–N with tert-alkyl or cyclic N) is 1. The van der Waals surface area contributed by atoms with E-state index < -0.39 is 0 Å². The average Bonchev–Trinajstić information content (AvgIpc) is 3.30. The zero-order valence-corrected chi connectivity index (χ0v) is 14.5. The molecule has 0 radical (unpaired) electrons. The molecule has 0 bridgehead atoms. The first-order chi connectivity index (χ1) is 12.8. The first-order valence-electron chi connectivity index (χ1n) is 9.00. The Bertz CT molecular complexity index is 822. The van der Waals surface area contributed by atoms with Crippen molar-refractivity contribution < 1.29 is 9.63 Å². The Morgan fingerprint density at radius 1 is 1.12 bits per heavy atom. The molecule has 6 heteroatoms. The molecule has 1 aliphatic rings. The van der Waals surface area contributed by atoms with Crippen molar-refractivity contribution in [2.75, 3.05) is 13.1 Å². The van der Waals surface area contributed by atoms with E-state index in [9.17, 15) is 5.11 Å². The van der Waals surface area contributed by atoms with Crippen LogP contribution in [-0.4, -0.2) is 44.3 Å². The van der Waals surface area contributed by atoms with Crippen molar-refractivity contribution in [3.8, 4) is 11.5 Å². The van der Waals surface area contributed by atoms with Gasteiger partial charge in [0.1, 0.15) is 5.69 Å². The van der Waals surface area contributed by atoms with E-state index in [0.29, 0.717) is 30.4 Å². The summed E-state index contributed by atoms with van der Waals surface area (Å²) in [5, 5.41) is 14.2. The Kier molecular flexibility index (Phi) is 5.04. The molecule has 0 amide bonds. The fourth-order valence-electron chi connectivity index (χ4n) is 3.48. The summed E-state index contributed by atoms with van der Waals surface area (Å²) in [6.07, 6.45) is 4.01. The van der Waals surface area contributed by atoms with Gasteiger partial charge < -0.3 is 9.63 Å². The minimum absolute atomic E-state index is 0.0364. The molecule has 0 spiro atoms. The average molecular weight is 350 g/mol. The minimum Gasteiger partial charge on any atom is -0.392 e. The second-order valence-corrected chi connectivity index (χ2v) is 6.66. The Hall–Kier alpha value is -2.57. The zero-order chi connectivity index (χ0) is 17.8. The maximum atomic E-state index is 10.1. The number of pyridine rings is 1. The van der Waals surface area contributed by atoms with E-state index in [2.05, 4.69) is 44.3 Å². The van der Waals surface area contributed by atoms with Crippen molar-refractivity contribution in [1.82, 2.24) is 20.0 Å². The number of aryl methyl sites for hydroxylation is 1. The Morgan fingerprint density at radius 3 is 2.77 bits per heavy atom. The van der Waals surface area contributed by atoms with Gasteiger partial charge in [-0.3, -0.25) is 9.88 Å². The van der Waals surface area contributed by atoms with Crippen molar-refractivity contribution >= 4 is 0 Å². The molecular weight excluding hydrogens is 328 g/mol. The predicted octanol–water partition coefficient (Wildman–Crippen LogP) is 2.87. The SMILES string of the molecule is O[C@@H]1C[C@@H](c2nc(-c3ccccn3)no2)N(CCCc2ccccc2)C1.